The van der Waals surface area contributed by atoms with Crippen LogP contribution in [0.25, 0.3) is 0 Å². The zero-order valence-corrected chi connectivity index (χ0v) is 19.8. The van der Waals surface area contributed by atoms with Gasteiger partial charge in [-0.3, -0.25) is 4.57 Å². The highest BCUT2D eigenvalue weighted by Crippen LogP contribution is 2.27. The standard InChI is InChI=1S/C26H30FO4P/c1-18-12-22(10-11-32(28)29)13-19(2)25(18)16-21-6-9-26(31-17-30-3)23(15-21)14-20-4-7-24(27)8-5-20/h4-9,12-13,15,32H,10-11,14,16-17H2,1-3H3,(H,28,29). The van der Waals surface area contributed by atoms with Gasteiger partial charge in [-0.2, -0.15) is 0 Å². The van der Waals surface area contributed by atoms with Crippen LogP contribution in [0.2, 0.25) is 0 Å². The van der Waals surface area contributed by atoms with Crippen molar-refractivity contribution in [2.45, 2.75) is 33.1 Å². The van der Waals surface area contributed by atoms with E-state index in [1.807, 2.05) is 6.07 Å². The van der Waals surface area contributed by atoms with Crippen molar-refractivity contribution in [3.8, 4) is 5.75 Å². The lowest BCUT2D eigenvalue weighted by Crippen LogP contribution is -2.04. The van der Waals surface area contributed by atoms with E-state index in [1.165, 1.54) is 28.8 Å². The fraction of sp³-hybridized carbons (Fsp3) is 0.308. The molecular weight excluding hydrogens is 426 g/mol. The number of ether oxygens (including phenoxy) is 2. The summed E-state index contributed by atoms with van der Waals surface area (Å²) in [5.41, 5.74) is 7.89. The average molecular weight is 456 g/mol. The Morgan fingerprint density at radius 2 is 1.56 bits per heavy atom. The van der Waals surface area contributed by atoms with Gasteiger partial charge in [-0.25, -0.2) is 4.39 Å². The third-order valence-corrected chi connectivity index (χ3v) is 6.21. The van der Waals surface area contributed by atoms with Crippen molar-refractivity contribution in [3.63, 3.8) is 0 Å². The van der Waals surface area contributed by atoms with Crippen molar-refractivity contribution in [3.05, 3.63) is 99.4 Å². The second kappa shape index (κ2) is 11.4. The largest absolute Gasteiger partial charge is 0.467 e. The predicted octanol–water partition coefficient (Wildman–Crippen LogP) is 5.62. The Kier molecular flexibility index (Phi) is 8.63. The molecule has 0 spiro atoms. The van der Waals surface area contributed by atoms with Crippen LogP contribution in [0.1, 0.15) is 38.9 Å². The Morgan fingerprint density at radius 1 is 0.906 bits per heavy atom. The monoisotopic (exact) mass is 456 g/mol. The number of rotatable bonds is 10. The molecule has 0 aliphatic rings. The molecule has 1 N–H and O–H groups in total. The summed E-state index contributed by atoms with van der Waals surface area (Å²) in [6.45, 7) is 4.34. The van der Waals surface area contributed by atoms with Gasteiger partial charge in [-0.15, -0.1) is 0 Å². The normalized spacial score (nSPS) is 12.0. The van der Waals surface area contributed by atoms with Gasteiger partial charge in [0, 0.05) is 19.7 Å². The number of aryl methyl sites for hydroxylation is 3. The van der Waals surface area contributed by atoms with Gasteiger partial charge in [-0.1, -0.05) is 36.4 Å². The summed E-state index contributed by atoms with van der Waals surface area (Å²) in [7, 11) is -0.865. The lowest BCUT2D eigenvalue weighted by Gasteiger charge is -2.16. The molecule has 0 heterocycles. The SMILES string of the molecule is COCOc1ccc(Cc2c(C)cc(CC[PH](=O)O)cc2C)cc1Cc1ccc(F)cc1. The van der Waals surface area contributed by atoms with Crippen LogP contribution in [0.3, 0.4) is 0 Å². The molecule has 0 saturated heterocycles. The van der Waals surface area contributed by atoms with Gasteiger partial charge in [0.2, 0.25) is 0 Å². The molecule has 0 fully saturated rings. The van der Waals surface area contributed by atoms with E-state index in [9.17, 15) is 8.96 Å². The minimum atomic E-state index is -2.45. The van der Waals surface area contributed by atoms with Gasteiger partial charge in [0.1, 0.15) is 11.6 Å². The number of hydrogen-bond donors (Lipinski definition) is 1. The molecule has 0 aromatic heterocycles. The fourth-order valence-electron chi connectivity index (χ4n) is 3.93. The van der Waals surface area contributed by atoms with Crippen molar-refractivity contribution in [2.75, 3.05) is 20.1 Å². The van der Waals surface area contributed by atoms with E-state index >= 15 is 0 Å². The number of methoxy groups -OCH3 is 1. The number of benzene rings is 3. The molecule has 6 heteroatoms. The van der Waals surface area contributed by atoms with Gasteiger partial charge in [0.05, 0.1) is 0 Å². The zero-order chi connectivity index (χ0) is 23.1. The molecule has 0 aliphatic heterocycles. The van der Waals surface area contributed by atoms with Crippen molar-refractivity contribution < 1.29 is 23.3 Å². The van der Waals surface area contributed by atoms with Crippen molar-refractivity contribution in [2.24, 2.45) is 0 Å². The van der Waals surface area contributed by atoms with Gasteiger partial charge < -0.3 is 14.4 Å². The van der Waals surface area contributed by atoms with E-state index in [4.69, 9.17) is 14.4 Å². The maximum absolute atomic E-state index is 13.3. The molecule has 0 radical (unpaired) electrons. The first-order valence-corrected chi connectivity index (χ1v) is 12.2. The van der Waals surface area contributed by atoms with E-state index in [1.54, 1.807) is 19.2 Å². The quantitative estimate of drug-likeness (QED) is 0.318. The lowest BCUT2D eigenvalue weighted by molar-refractivity contribution is 0.0505. The molecule has 1 atom stereocenters. The second-order valence-electron chi connectivity index (χ2n) is 8.07. The molecule has 1 unspecified atom stereocenters. The van der Waals surface area contributed by atoms with Gasteiger partial charge in [0.15, 0.2) is 14.8 Å². The smallest absolute Gasteiger partial charge is 0.189 e. The maximum atomic E-state index is 13.3. The summed E-state index contributed by atoms with van der Waals surface area (Å²) in [6.07, 6.45) is 2.34. The molecule has 0 bridgehead atoms. The van der Waals surface area contributed by atoms with Gasteiger partial charge >= 0.3 is 0 Å². The molecular formula is C26H30FO4P. The molecule has 0 saturated carbocycles. The molecule has 32 heavy (non-hydrogen) atoms. The summed E-state index contributed by atoms with van der Waals surface area (Å²) in [5, 5.41) is 0. The number of halogens is 1. The van der Waals surface area contributed by atoms with Crippen LogP contribution in [0, 0.1) is 19.7 Å². The first-order valence-electron chi connectivity index (χ1n) is 10.6. The third kappa shape index (κ3) is 6.77. The zero-order valence-electron chi connectivity index (χ0n) is 18.8. The predicted molar refractivity (Wildman–Crippen MR) is 127 cm³/mol. The summed E-state index contributed by atoms with van der Waals surface area (Å²) in [4.78, 5) is 9.13. The Bertz CT molecular complexity index is 1060. The van der Waals surface area contributed by atoms with Crippen LogP contribution < -0.4 is 4.74 Å². The first-order chi connectivity index (χ1) is 15.4. The van der Waals surface area contributed by atoms with Crippen LogP contribution in [-0.4, -0.2) is 25.0 Å². The summed E-state index contributed by atoms with van der Waals surface area (Å²) < 4.78 is 35.2. The topological polar surface area (TPSA) is 55.8 Å². The van der Waals surface area contributed by atoms with Crippen LogP contribution >= 0.6 is 8.03 Å². The second-order valence-corrected chi connectivity index (χ2v) is 9.36. The lowest BCUT2D eigenvalue weighted by atomic mass is 9.92. The summed E-state index contributed by atoms with van der Waals surface area (Å²) in [6, 6.07) is 16.9. The maximum Gasteiger partial charge on any atom is 0.189 e. The van der Waals surface area contributed by atoms with Crippen LogP contribution in [0.15, 0.2) is 54.6 Å². The Hall–Kier alpha value is -2.46. The molecule has 4 nitrogen and oxygen atoms in total. The van der Waals surface area contributed by atoms with Gasteiger partial charge in [0.25, 0.3) is 0 Å². The Balaban J connectivity index is 1.86. The highest BCUT2D eigenvalue weighted by Gasteiger charge is 2.11. The third-order valence-electron chi connectivity index (χ3n) is 5.53. The van der Waals surface area contributed by atoms with Crippen molar-refractivity contribution >= 4 is 8.03 Å². The van der Waals surface area contributed by atoms with Crippen LogP contribution in [-0.2, 0) is 28.6 Å². The van der Waals surface area contributed by atoms with Gasteiger partial charge in [-0.05, 0) is 83.8 Å². The van der Waals surface area contributed by atoms with E-state index in [-0.39, 0.29) is 12.6 Å². The number of hydrogen-bond acceptors (Lipinski definition) is 3. The Morgan fingerprint density at radius 3 is 2.19 bits per heavy atom. The molecule has 3 aromatic rings. The van der Waals surface area contributed by atoms with E-state index in [2.05, 4.69) is 38.1 Å². The molecule has 0 amide bonds. The van der Waals surface area contributed by atoms with Crippen molar-refractivity contribution in [1.82, 2.24) is 0 Å². The van der Waals surface area contributed by atoms with Crippen molar-refractivity contribution in [1.29, 1.82) is 0 Å². The first kappa shape index (κ1) is 24.2. The average Bonchev–Trinajstić information content (AvgIpc) is 2.76. The Labute approximate surface area is 189 Å². The fourth-order valence-corrected chi connectivity index (χ4v) is 4.43. The van der Waals surface area contributed by atoms with E-state index < -0.39 is 8.03 Å². The minimum Gasteiger partial charge on any atom is -0.467 e. The minimum absolute atomic E-state index is 0.162. The van der Waals surface area contributed by atoms with Crippen LogP contribution in [0.5, 0.6) is 5.75 Å². The summed E-state index contributed by atoms with van der Waals surface area (Å²) >= 11 is 0. The molecule has 3 rings (SSSR count). The highest BCUT2D eigenvalue weighted by molar-refractivity contribution is 7.37. The summed E-state index contributed by atoms with van der Waals surface area (Å²) in [5.74, 6) is 0.502. The van der Waals surface area contributed by atoms with E-state index in [0.29, 0.717) is 19.0 Å². The highest BCUT2D eigenvalue weighted by atomic mass is 31.1. The van der Waals surface area contributed by atoms with Crippen LogP contribution in [0.4, 0.5) is 4.39 Å². The molecule has 170 valence electrons. The van der Waals surface area contributed by atoms with E-state index in [0.717, 1.165) is 34.4 Å². The molecule has 3 aromatic carbocycles. The molecule has 0 aliphatic carbocycles.